The highest BCUT2D eigenvalue weighted by Crippen LogP contribution is 2.45. The minimum absolute atomic E-state index is 0.106. The number of hydrogen-bond donors (Lipinski definition) is 3. The number of rotatable bonds is 81. The smallest absolute Gasteiger partial charge is 0.462 e. The van der Waals surface area contributed by atoms with Gasteiger partial charge in [-0.05, 0) is 43.4 Å². The molecule has 606 valence electrons. The van der Waals surface area contributed by atoms with Crippen LogP contribution in [0.1, 0.15) is 434 Å². The highest BCUT2D eigenvalue weighted by molar-refractivity contribution is 7.47. The van der Waals surface area contributed by atoms with Gasteiger partial charge in [0.2, 0.25) is 0 Å². The number of hydrogen-bond acceptors (Lipinski definition) is 15. The Morgan fingerprint density at radius 2 is 0.451 bits per heavy atom. The molecule has 0 amide bonds. The first kappa shape index (κ1) is 100. The third-order valence-corrected chi connectivity index (χ3v) is 21.3. The molecule has 0 radical (unpaired) electrons. The van der Waals surface area contributed by atoms with Gasteiger partial charge in [0.1, 0.15) is 19.3 Å². The van der Waals surface area contributed by atoms with E-state index in [1.165, 1.54) is 238 Å². The van der Waals surface area contributed by atoms with Crippen molar-refractivity contribution in [3.05, 3.63) is 0 Å². The predicted octanol–water partition coefficient (Wildman–Crippen LogP) is 24.9. The molecule has 17 nitrogen and oxygen atoms in total. The number of esters is 4. The zero-order valence-corrected chi connectivity index (χ0v) is 68.9. The van der Waals surface area contributed by atoms with Crippen molar-refractivity contribution < 1.29 is 80.2 Å². The summed E-state index contributed by atoms with van der Waals surface area (Å²) in [6.07, 6.45) is 62.6. The van der Waals surface area contributed by atoms with E-state index >= 15 is 0 Å². The largest absolute Gasteiger partial charge is 0.472 e. The quantitative estimate of drug-likeness (QED) is 0.0222. The van der Waals surface area contributed by atoms with Gasteiger partial charge in [-0.3, -0.25) is 37.3 Å². The molecular weight excluding hydrogens is 1330 g/mol. The predicted molar refractivity (Wildman–Crippen MR) is 418 cm³/mol. The van der Waals surface area contributed by atoms with Crippen molar-refractivity contribution in [1.82, 2.24) is 0 Å². The van der Waals surface area contributed by atoms with Crippen LogP contribution in [-0.2, 0) is 65.4 Å². The summed E-state index contributed by atoms with van der Waals surface area (Å²) in [5.41, 5.74) is 0. The van der Waals surface area contributed by atoms with Crippen LogP contribution in [0.2, 0.25) is 0 Å². The number of ether oxygens (including phenoxy) is 4. The molecule has 0 bridgehead atoms. The molecule has 0 aromatic rings. The Bertz CT molecular complexity index is 1970. The average molecular weight is 1490 g/mol. The molecule has 0 rings (SSSR count). The van der Waals surface area contributed by atoms with Crippen LogP contribution in [0.25, 0.3) is 0 Å². The fourth-order valence-corrected chi connectivity index (χ4v) is 14.4. The second kappa shape index (κ2) is 73.2. The van der Waals surface area contributed by atoms with Crippen molar-refractivity contribution >= 4 is 39.5 Å². The van der Waals surface area contributed by atoms with E-state index in [2.05, 4.69) is 48.5 Å². The lowest BCUT2D eigenvalue weighted by Gasteiger charge is -2.21. The van der Waals surface area contributed by atoms with Gasteiger partial charge in [0.05, 0.1) is 26.4 Å². The van der Waals surface area contributed by atoms with Gasteiger partial charge in [0.15, 0.2) is 12.2 Å². The maximum absolute atomic E-state index is 13.1. The summed E-state index contributed by atoms with van der Waals surface area (Å²) in [7, 11) is -9.92. The third kappa shape index (κ3) is 76.3. The van der Waals surface area contributed by atoms with Crippen molar-refractivity contribution in [1.29, 1.82) is 0 Å². The Morgan fingerprint density at radius 1 is 0.265 bits per heavy atom. The summed E-state index contributed by atoms with van der Waals surface area (Å²) in [5.74, 6) is 0.167. The first-order valence-corrected chi connectivity index (χ1v) is 45.8. The van der Waals surface area contributed by atoms with Gasteiger partial charge >= 0.3 is 39.5 Å². The Morgan fingerprint density at radius 3 is 0.667 bits per heavy atom. The van der Waals surface area contributed by atoms with Crippen molar-refractivity contribution in [2.45, 2.75) is 452 Å². The molecule has 0 heterocycles. The second-order valence-corrected chi connectivity index (χ2v) is 34.2. The average Bonchev–Trinajstić information content (AvgIpc) is 0.922. The maximum Gasteiger partial charge on any atom is 0.472 e. The number of aliphatic hydroxyl groups is 1. The lowest BCUT2D eigenvalue weighted by molar-refractivity contribution is -0.161. The summed E-state index contributed by atoms with van der Waals surface area (Å²) in [6.45, 7) is 11.9. The van der Waals surface area contributed by atoms with E-state index in [0.717, 1.165) is 108 Å². The minimum atomic E-state index is -4.96. The van der Waals surface area contributed by atoms with Gasteiger partial charge in [-0.1, -0.05) is 382 Å². The van der Waals surface area contributed by atoms with E-state index in [1.54, 1.807) is 0 Å². The fourth-order valence-electron chi connectivity index (χ4n) is 12.8. The molecule has 0 aromatic heterocycles. The molecule has 0 saturated carbocycles. The van der Waals surface area contributed by atoms with Gasteiger partial charge < -0.3 is 33.8 Å². The highest BCUT2D eigenvalue weighted by Gasteiger charge is 2.30. The van der Waals surface area contributed by atoms with E-state index in [4.69, 9.17) is 37.0 Å². The number of carbonyl (C=O) groups is 4. The molecule has 3 N–H and O–H groups in total. The van der Waals surface area contributed by atoms with Crippen LogP contribution < -0.4 is 0 Å². The lowest BCUT2D eigenvalue weighted by Crippen LogP contribution is -2.30. The SMILES string of the molecule is CCCCCCCCCCCCCCCCCCCCCCC(=O)O[C@H](COC(=O)CCCCCCCCCCCCCCCCCC(C)C)COP(=O)(O)OC[C@@H](O)COP(=O)(O)OC[C@@H](COC(=O)CCCCCCCCCC(C)C)OC(=O)CCCCCCCCCCCCCC(C)C. The van der Waals surface area contributed by atoms with E-state index in [-0.39, 0.29) is 25.7 Å². The standard InChI is InChI=1S/C83H162O17P2/c1-8-9-10-11-12-13-14-15-16-17-18-19-20-23-27-32-37-44-52-59-66-82(87)99-78(70-93-80(85)64-57-50-43-36-31-26-24-21-22-25-29-34-40-47-54-61-74(2)3)72-97-101(89,90)95-68-77(84)69-96-102(91,92)98-73-79(71-94-81(86)65-58-51-46-39-42-49-56-63-76(6)7)100-83(88)67-60-53-45-38-33-28-30-35-41-48-55-62-75(4)5/h74-79,84H,8-73H2,1-7H3,(H,89,90)(H,91,92)/t77-,78-,79-/m1/s1. The van der Waals surface area contributed by atoms with Gasteiger partial charge in [-0.25, -0.2) is 9.13 Å². The number of aliphatic hydroxyl groups excluding tert-OH is 1. The zero-order valence-electron chi connectivity index (χ0n) is 67.1. The van der Waals surface area contributed by atoms with Crippen LogP contribution in [0.4, 0.5) is 0 Å². The van der Waals surface area contributed by atoms with Crippen molar-refractivity contribution in [2.24, 2.45) is 17.8 Å². The molecule has 0 saturated heterocycles. The van der Waals surface area contributed by atoms with Crippen LogP contribution in [0, 0.1) is 17.8 Å². The summed E-state index contributed by atoms with van der Waals surface area (Å²) in [4.78, 5) is 73.1. The number of phosphoric ester groups is 2. The molecule has 0 aliphatic carbocycles. The minimum Gasteiger partial charge on any atom is -0.462 e. The molecular formula is C83H162O17P2. The number of carbonyl (C=O) groups excluding carboxylic acids is 4. The molecule has 0 aliphatic heterocycles. The molecule has 5 atom stereocenters. The fraction of sp³-hybridized carbons (Fsp3) is 0.952. The van der Waals surface area contributed by atoms with Crippen molar-refractivity contribution in [3.63, 3.8) is 0 Å². The van der Waals surface area contributed by atoms with Crippen LogP contribution in [-0.4, -0.2) is 96.7 Å². The summed E-state index contributed by atoms with van der Waals surface area (Å²) < 4.78 is 68.8. The molecule has 0 spiro atoms. The van der Waals surface area contributed by atoms with Crippen LogP contribution in [0.5, 0.6) is 0 Å². The van der Waals surface area contributed by atoms with Gasteiger partial charge in [0.25, 0.3) is 0 Å². The lowest BCUT2D eigenvalue weighted by atomic mass is 10.0. The van der Waals surface area contributed by atoms with Gasteiger partial charge in [0, 0.05) is 25.7 Å². The Hall–Kier alpha value is -1.94. The van der Waals surface area contributed by atoms with E-state index in [1.807, 2.05) is 0 Å². The molecule has 0 aromatic carbocycles. The van der Waals surface area contributed by atoms with Crippen LogP contribution in [0.15, 0.2) is 0 Å². The Balaban J connectivity index is 5.23. The second-order valence-electron chi connectivity index (χ2n) is 31.3. The molecule has 19 heteroatoms. The van der Waals surface area contributed by atoms with E-state index in [9.17, 15) is 43.2 Å². The van der Waals surface area contributed by atoms with Crippen molar-refractivity contribution in [3.8, 4) is 0 Å². The van der Waals surface area contributed by atoms with Gasteiger partial charge in [-0.2, -0.15) is 0 Å². The van der Waals surface area contributed by atoms with Crippen LogP contribution >= 0.6 is 15.6 Å². The summed E-state index contributed by atoms with van der Waals surface area (Å²) >= 11 is 0. The zero-order chi connectivity index (χ0) is 75.1. The van der Waals surface area contributed by atoms with Crippen LogP contribution in [0.3, 0.4) is 0 Å². The number of phosphoric acid groups is 2. The molecule has 0 aliphatic rings. The third-order valence-electron chi connectivity index (χ3n) is 19.4. The highest BCUT2D eigenvalue weighted by atomic mass is 31.2. The first-order valence-electron chi connectivity index (χ1n) is 42.8. The topological polar surface area (TPSA) is 237 Å². The monoisotopic (exact) mass is 1490 g/mol. The van der Waals surface area contributed by atoms with Crippen molar-refractivity contribution in [2.75, 3.05) is 39.6 Å². The number of unbranched alkanes of at least 4 members (excludes halogenated alkanes) is 49. The molecule has 102 heavy (non-hydrogen) atoms. The first-order chi connectivity index (χ1) is 49.2. The normalized spacial score (nSPS) is 13.9. The molecule has 2 unspecified atom stereocenters. The molecule has 0 fully saturated rings. The van der Waals surface area contributed by atoms with E-state index in [0.29, 0.717) is 31.6 Å². The summed E-state index contributed by atoms with van der Waals surface area (Å²) in [6, 6.07) is 0. The Kier molecular flexibility index (Phi) is 71.8. The summed E-state index contributed by atoms with van der Waals surface area (Å²) in [5, 5.41) is 10.7. The maximum atomic E-state index is 13.1. The van der Waals surface area contributed by atoms with Gasteiger partial charge in [-0.15, -0.1) is 0 Å². The van der Waals surface area contributed by atoms with E-state index < -0.39 is 97.5 Å². The Labute approximate surface area is 626 Å².